The fourth-order valence-electron chi connectivity index (χ4n) is 5.80. The van der Waals surface area contributed by atoms with Gasteiger partial charge in [0.15, 0.2) is 5.82 Å². The Balaban J connectivity index is 1.28. The summed E-state index contributed by atoms with van der Waals surface area (Å²) in [6, 6.07) is 7.20. The van der Waals surface area contributed by atoms with E-state index in [0.717, 1.165) is 36.6 Å². The van der Waals surface area contributed by atoms with Crippen LogP contribution in [-0.2, 0) is 11.3 Å². The minimum absolute atomic E-state index is 0.0679. The van der Waals surface area contributed by atoms with Gasteiger partial charge >= 0.3 is 12.1 Å². The van der Waals surface area contributed by atoms with E-state index >= 15 is 0 Å². The molecule has 1 amide bonds. The molecule has 1 atom stereocenters. The summed E-state index contributed by atoms with van der Waals surface area (Å²) in [5, 5.41) is 8.95. The molecule has 1 aliphatic carbocycles. The molecule has 3 aliphatic rings. The number of pyridine rings is 1. The van der Waals surface area contributed by atoms with Crippen LogP contribution in [0, 0.1) is 11.2 Å². The first kappa shape index (κ1) is 23.2. The predicted molar refractivity (Wildman–Crippen MR) is 122 cm³/mol. The largest absolute Gasteiger partial charge is 0.471 e. The molecule has 2 aliphatic heterocycles. The van der Waals surface area contributed by atoms with E-state index in [9.17, 15) is 22.4 Å². The third kappa shape index (κ3) is 3.63. The number of aromatic nitrogens is 4. The molecule has 0 bridgehead atoms. The lowest BCUT2D eigenvalue weighted by molar-refractivity contribution is -0.188. The zero-order valence-corrected chi connectivity index (χ0v) is 19.9. The molecular formula is C24H21ClF4N6O. The maximum Gasteiger partial charge on any atom is 0.471 e. The monoisotopic (exact) mass is 520 g/mol. The summed E-state index contributed by atoms with van der Waals surface area (Å²) in [4.78, 5) is 19.3. The molecule has 3 aromatic rings. The molecule has 1 spiro atoms. The first-order valence-corrected chi connectivity index (χ1v) is 11.9. The summed E-state index contributed by atoms with van der Waals surface area (Å²) in [5.41, 5.74) is 1.23. The van der Waals surface area contributed by atoms with Gasteiger partial charge in [-0.25, -0.2) is 9.37 Å². The summed E-state index contributed by atoms with van der Waals surface area (Å²) in [5.74, 6) is -0.551. The summed E-state index contributed by atoms with van der Waals surface area (Å²) >= 11 is 6.19. The maximum absolute atomic E-state index is 13.4. The van der Waals surface area contributed by atoms with Crippen molar-refractivity contribution in [2.75, 3.05) is 18.0 Å². The first-order valence-electron chi connectivity index (χ1n) is 11.5. The Labute approximate surface area is 208 Å². The summed E-state index contributed by atoms with van der Waals surface area (Å²) < 4.78 is 55.1. The highest BCUT2D eigenvalue weighted by Gasteiger charge is 2.55. The number of benzene rings is 1. The number of alkyl halides is 3. The van der Waals surface area contributed by atoms with Crippen LogP contribution in [-0.4, -0.2) is 49.8 Å². The van der Waals surface area contributed by atoms with Crippen molar-refractivity contribution in [1.29, 1.82) is 0 Å². The van der Waals surface area contributed by atoms with Gasteiger partial charge in [0.05, 0.1) is 24.5 Å². The van der Waals surface area contributed by atoms with Crippen LogP contribution in [0.3, 0.4) is 0 Å². The van der Waals surface area contributed by atoms with E-state index < -0.39 is 18.1 Å². The number of hydrogen-bond donors (Lipinski definition) is 0. The van der Waals surface area contributed by atoms with E-state index in [0.29, 0.717) is 22.1 Å². The number of halogens is 5. The Hall–Kier alpha value is -3.21. The van der Waals surface area contributed by atoms with E-state index in [1.165, 1.54) is 12.3 Å². The van der Waals surface area contributed by atoms with Gasteiger partial charge in [-0.05, 0) is 55.7 Å². The first-order chi connectivity index (χ1) is 17.0. The van der Waals surface area contributed by atoms with Gasteiger partial charge in [-0.3, -0.25) is 9.36 Å². The minimum atomic E-state index is -5.01. The molecule has 188 valence electrons. The zero-order valence-electron chi connectivity index (χ0n) is 19.1. The molecule has 7 nitrogen and oxygen atoms in total. The molecule has 12 heteroatoms. The van der Waals surface area contributed by atoms with E-state index in [1.54, 1.807) is 35.8 Å². The van der Waals surface area contributed by atoms with Crippen molar-refractivity contribution in [3.05, 3.63) is 64.6 Å². The second-order valence-electron chi connectivity index (χ2n) is 9.92. The second kappa shape index (κ2) is 7.89. The Morgan fingerprint density at radius 1 is 1.14 bits per heavy atom. The van der Waals surface area contributed by atoms with E-state index in [-0.39, 0.29) is 29.5 Å². The van der Waals surface area contributed by atoms with Crippen LogP contribution in [0.4, 0.5) is 23.4 Å². The normalized spacial score (nSPS) is 20.9. The molecule has 2 aromatic heterocycles. The summed E-state index contributed by atoms with van der Waals surface area (Å²) in [6.07, 6.45) is -2.13. The predicted octanol–water partition coefficient (Wildman–Crippen LogP) is 4.80. The van der Waals surface area contributed by atoms with E-state index in [4.69, 9.17) is 11.6 Å². The number of amides is 1. The lowest BCUT2D eigenvalue weighted by atomic mass is 9.57. The highest BCUT2D eigenvalue weighted by molar-refractivity contribution is 6.30. The fraction of sp³-hybridized carbons (Fsp3) is 0.417. The van der Waals surface area contributed by atoms with Crippen LogP contribution in [0.15, 0.2) is 36.5 Å². The highest BCUT2D eigenvalue weighted by atomic mass is 35.5. The van der Waals surface area contributed by atoms with Gasteiger partial charge in [-0.1, -0.05) is 11.6 Å². The molecule has 6 rings (SSSR count). The molecule has 2 fully saturated rings. The highest BCUT2D eigenvalue weighted by Crippen LogP contribution is 2.56. The van der Waals surface area contributed by atoms with Crippen molar-refractivity contribution in [2.24, 2.45) is 5.41 Å². The molecule has 1 unspecified atom stereocenters. The number of carbonyl (C=O) groups is 1. The summed E-state index contributed by atoms with van der Waals surface area (Å²) in [7, 11) is 0. The number of hydrogen-bond acceptors (Lipinski definition) is 5. The molecular weight excluding hydrogens is 500 g/mol. The maximum atomic E-state index is 13.4. The number of rotatable bonds is 2. The minimum Gasteiger partial charge on any atom is -0.355 e. The molecule has 1 aromatic carbocycles. The Morgan fingerprint density at radius 2 is 1.89 bits per heavy atom. The lowest BCUT2D eigenvalue weighted by Gasteiger charge is -2.59. The van der Waals surface area contributed by atoms with Gasteiger partial charge in [0, 0.05) is 29.4 Å². The van der Waals surface area contributed by atoms with Crippen molar-refractivity contribution >= 4 is 23.3 Å². The molecule has 1 saturated carbocycles. The SMILES string of the molecule is CC1c2cc(Cl)ccc2-n2c(nnc2C2CC3(C2)CN(c2ccc(F)cn2)C3)CN1C(=O)C(F)(F)F. The van der Waals surface area contributed by atoms with E-state index in [1.807, 2.05) is 0 Å². The van der Waals surface area contributed by atoms with Crippen LogP contribution in [0.25, 0.3) is 5.69 Å². The summed E-state index contributed by atoms with van der Waals surface area (Å²) in [6.45, 7) is 2.82. The quantitative estimate of drug-likeness (QED) is 0.454. The number of anilines is 1. The van der Waals surface area contributed by atoms with Crippen molar-refractivity contribution < 1.29 is 22.4 Å². The standard InChI is InChI=1S/C24H21ClF4N6O/c1-13-17-6-15(25)2-4-18(17)35-20(10-34(13)22(36)24(27,28)29)31-32-21(35)14-7-23(8-14)11-33(12-23)19-5-3-16(26)9-30-19/h2-6,9,13-14H,7-8,10-12H2,1H3. The zero-order chi connectivity index (χ0) is 25.4. The molecule has 4 heterocycles. The molecule has 0 radical (unpaired) electrons. The van der Waals surface area contributed by atoms with Crippen LogP contribution < -0.4 is 4.90 Å². The van der Waals surface area contributed by atoms with Gasteiger partial charge < -0.3 is 9.80 Å². The third-order valence-electron chi connectivity index (χ3n) is 7.53. The van der Waals surface area contributed by atoms with Crippen molar-refractivity contribution in [3.63, 3.8) is 0 Å². The van der Waals surface area contributed by atoms with Crippen molar-refractivity contribution in [1.82, 2.24) is 24.6 Å². The lowest BCUT2D eigenvalue weighted by Crippen LogP contribution is -2.62. The van der Waals surface area contributed by atoms with E-state index in [2.05, 4.69) is 20.1 Å². The Kier molecular flexibility index (Phi) is 5.09. The van der Waals surface area contributed by atoms with Crippen LogP contribution in [0.5, 0.6) is 0 Å². The van der Waals surface area contributed by atoms with Gasteiger partial charge in [0.1, 0.15) is 17.5 Å². The average molecular weight is 521 g/mol. The van der Waals surface area contributed by atoms with Crippen LogP contribution >= 0.6 is 11.6 Å². The van der Waals surface area contributed by atoms with Crippen LogP contribution in [0.1, 0.15) is 48.9 Å². The average Bonchev–Trinajstić information content (AvgIpc) is 3.13. The fourth-order valence-corrected chi connectivity index (χ4v) is 5.98. The van der Waals surface area contributed by atoms with Crippen molar-refractivity contribution in [2.45, 2.75) is 44.4 Å². The molecule has 1 saturated heterocycles. The van der Waals surface area contributed by atoms with Crippen LogP contribution in [0.2, 0.25) is 5.02 Å². The number of fused-ring (bicyclic) bond motifs is 3. The van der Waals surface area contributed by atoms with Crippen molar-refractivity contribution in [3.8, 4) is 5.69 Å². The Bertz CT molecular complexity index is 1340. The second-order valence-corrected chi connectivity index (χ2v) is 10.4. The van der Waals surface area contributed by atoms with Gasteiger partial charge in [-0.15, -0.1) is 10.2 Å². The van der Waals surface area contributed by atoms with Gasteiger partial charge in [-0.2, -0.15) is 13.2 Å². The smallest absolute Gasteiger partial charge is 0.355 e. The number of nitrogens with zero attached hydrogens (tertiary/aromatic N) is 6. The molecule has 36 heavy (non-hydrogen) atoms. The number of carbonyl (C=O) groups excluding carboxylic acids is 1. The Morgan fingerprint density at radius 3 is 2.56 bits per heavy atom. The molecule has 0 N–H and O–H groups in total. The van der Waals surface area contributed by atoms with Gasteiger partial charge in [0.2, 0.25) is 0 Å². The third-order valence-corrected chi connectivity index (χ3v) is 7.77. The van der Waals surface area contributed by atoms with Gasteiger partial charge in [0.25, 0.3) is 0 Å². The topological polar surface area (TPSA) is 67.2 Å².